The first-order valence-electron chi connectivity index (χ1n) is 7.37. The van der Waals surface area contributed by atoms with Crippen molar-refractivity contribution in [1.29, 1.82) is 0 Å². The van der Waals surface area contributed by atoms with E-state index in [1.807, 2.05) is 0 Å². The van der Waals surface area contributed by atoms with Crippen molar-refractivity contribution in [1.82, 2.24) is 5.43 Å². The molecular weight excluding hydrogens is 228 g/mol. The highest BCUT2D eigenvalue weighted by molar-refractivity contribution is 5.77. The zero-order chi connectivity index (χ0) is 13.6. The molecule has 0 bridgehead atoms. The number of carbonyl (C=O) groups is 1. The summed E-state index contributed by atoms with van der Waals surface area (Å²) < 4.78 is 0. The Balaban J connectivity index is 3.46. The second-order valence-electron chi connectivity index (χ2n) is 4.98. The standard InChI is InChI=1S/C14H30N2O2/c1-2-3-4-5-6-7-8-9-10-13(11-12-17)14(18)16-15/h13,17H,2-12,15H2,1H3,(H,16,18)/t13-/m0/s1. The van der Waals surface area contributed by atoms with Gasteiger partial charge in [-0.2, -0.15) is 0 Å². The predicted octanol–water partition coefficient (Wildman–Crippen LogP) is 2.51. The highest BCUT2D eigenvalue weighted by Gasteiger charge is 2.15. The van der Waals surface area contributed by atoms with E-state index in [-0.39, 0.29) is 18.4 Å². The van der Waals surface area contributed by atoms with E-state index < -0.39 is 0 Å². The van der Waals surface area contributed by atoms with Crippen molar-refractivity contribution >= 4 is 5.91 Å². The lowest BCUT2D eigenvalue weighted by molar-refractivity contribution is -0.125. The number of nitrogens with two attached hydrogens (primary N) is 1. The molecule has 4 heteroatoms. The fraction of sp³-hybridized carbons (Fsp3) is 0.929. The van der Waals surface area contributed by atoms with Gasteiger partial charge in [-0.15, -0.1) is 0 Å². The lowest BCUT2D eigenvalue weighted by Gasteiger charge is -2.13. The zero-order valence-electron chi connectivity index (χ0n) is 11.8. The van der Waals surface area contributed by atoms with Crippen LogP contribution < -0.4 is 11.3 Å². The number of aliphatic hydroxyl groups is 1. The van der Waals surface area contributed by atoms with Gasteiger partial charge in [-0.05, 0) is 12.8 Å². The minimum absolute atomic E-state index is 0.0507. The van der Waals surface area contributed by atoms with Crippen molar-refractivity contribution in [2.75, 3.05) is 6.61 Å². The molecule has 0 aliphatic carbocycles. The van der Waals surface area contributed by atoms with Gasteiger partial charge in [0.05, 0.1) is 0 Å². The summed E-state index contributed by atoms with van der Waals surface area (Å²) in [6, 6.07) is 0. The molecule has 0 fully saturated rings. The Morgan fingerprint density at radius 1 is 1.06 bits per heavy atom. The Morgan fingerprint density at radius 3 is 2.11 bits per heavy atom. The van der Waals surface area contributed by atoms with Gasteiger partial charge in [0, 0.05) is 12.5 Å². The minimum Gasteiger partial charge on any atom is -0.396 e. The minimum atomic E-state index is -0.146. The maximum atomic E-state index is 11.4. The number of carbonyl (C=O) groups excluding carboxylic acids is 1. The van der Waals surface area contributed by atoms with Crippen molar-refractivity contribution in [2.24, 2.45) is 11.8 Å². The van der Waals surface area contributed by atoms with Crippen LogP contribution in [0.2, 0.25) is 0 Å². The van der Waals surface area contributed by atoms with Crippen LogP contribution in [0.5, 0.6) is 0 Å². The number of hydrazine groups is 1. The molecule has 1 amide bonds. The molecule has 108 valence electrons. The third-order valence-corrected chi connectivity index (χ3v) is 3.40. The van der Waals surface area contributed by atoms with Crippen molar-refractivity contribution in [3.63, 3.8) is 0 Å². The zero-order valence-corrected chi connectivity index (χ0v) is 11.8. The van der Waals surface area contributed by atoms with Crippen molar-refractivity contribution in [2.45, 2.75) is 71.1 Å². The van der Waals surface area contributed by atoms with E-state index in [1.54, 1.807) is 0 Å². The molecule has 0 aliphatic heterocycles. The van der Waals surface area contributed by atoms with Crippen LogP contribution in [0.3, 0.4) is 0 Å². The normalized spacial score (nSPS) is 12.4. The van der Waals surface area contributed by atoms with E-state index in [0.717, 1.165) is 12.8 Å². The molecule has 0 radical (unpaired) electrons. The molecule has 0 rings (SSSR count). The molecule has 0 unspecified atom stereocenters. The highest BCUT2D eigenvalue weighted by Crippen LogP contribution is 2.15. The molecular formula is C14H30N2O2. The number of hydrogen-bond donors (Lipinski definition) is 3. The molecule has 0 aliphatic rings. The van der Waals surface area contributed by atoms with Crippen molar-refractivity contribution in [3.05, 3.63) is 0 Å². The predicted molar refractivity (Wildman–Crippen MR) is 74.7 cm³/mol. The van der Waals surface area contributed by atoms with Gasteiger partial charge in [-0.25, -0.2) is 5.84 Å². The fourth-order valence-corrected chi connectivity index (χ4v) is 2.20. The van der Waals surface area contributed by atoms with E-state index in [0.29, 0.717) is 6.42 Å². The van der Waals surface area contributed by atoms with E-state index in [2.05, 4.69) is 12.3 Å². The Morgan fingerprint density at radius 2 is 1.61 bits per heavy atom. The van der Waals surface area contributed by atoms with Crippen LogP contribution in [0.25, 0.3) is 0 Å². The van der Waals surface area contributed by atoms with Gasteiger partial charge in [-0.1, -0.05) is 58.3 Å². The SMILES string of the molecule is CCCCCCCCCC[C@@H](CCO)C(=O)NN. The second-order valence-corrected chi connectivity index (χ2v) is 4.98. The Hall–Kier alpha value is -0.610. The molecule has 0 spiro atoms. The molecule has 0 saturated carbocycles. The van der Waals surface area contributed by atoms with Crippen molar-refractivity contribution < 1.29 is 9.90 Å². The van der Waals surface area contributed by atoms with Crippen LogP contribution in [0, 0.1) is 5.92 Å². The summed E-state index contributed by atoms with van der Waals surface area (Å²) in [6.07, 6.45) is 11.4. The van der Waals surface area contributed by atoms with Crippen LogP contribution in [0.15, 0.2) is 0 Å². The van der Waals surface area contributed by atoms with Gasteiger partial charge in [0.15, 0.2) is 0 Å². The topological polar surface area (TPSA) is 75.3 Å². The average Bonchev–Trinajstić information content (AvgIpc) is 2.39. The van der Waals surface area contributed by atoms with E-state index in [4.69, 9.17) is 10.9 Å². The largest absolute Gasteiger partial charge is 0.396 e. The quantitative estimate of drug-likeness (QED) is 0.218. The number of hydrogen-bond acceptors (Lipinski definition) is 3. The number of aliphatic hydroxyl groups excluding tert-OH is 1. The number of amides is 1. The van der Waals surface area contributed by atoms with Gasteiger partial charge in [0.1, 0.15) is 0 Å². The Kier molecular flexibility index (Phi) is 12.4. The van der Waals surface area contributed by atoms with Gasteiger partial charge in [0.2, 0.25) is 5.91 Å². The van der Waals surface area contributed by atoms with Gasteiger partial charge in [-0.3, -0.25) is 10.2 Å². The van der Waals surface area contributed by atoms with Crippen LogP contribution in [0.1, 0.15) is 71.1 Å². The molecule has 18 heavy (non-hydrogen) atoms. The summed E-state index contributed by atoms with van der Waals surface area (Å²) in [7, 11) is 0. The molecule has 0 aromatic rings. The Labute approximate surface area is 111 Å². The summed E-state index contributed by atoms with van der Waals surface area (Å²) in [6.45, 7) is 2.28. The molecule has 0 heterocycles. The first-order chi connectivity index (χ1) is 8.76. The van der Waals surface area contributed by atoms with Crippen molar-refractivity contribution in [3.8, 4) is 0 Å². The first kappa shape index (κ1) is 17.4. The fourth-order valence-electron chi connectivity index (χ4n) is 2.20. The molecule has 0 aromatic carbocycles. The first-order valence-corrected chi connectivity index (χ1v) is 7.37. The second kappa shape index (κ2) is 12.8. The maximum Gasteiger partial charge on any atom is 0.237 e. The lowest BCUT2D eigenvalue weighted by Crippen LogP contribution is -2.36. The number of unbranched alkanes of at least 4 members (excludes halogenated alkanes) is 7. The monoisotopic (exact) mass is 258 g/mol. The summed E-state index contributed by atoms with van der Waals surface area (Å²) in [4.78, 5) is 11.4. The molecule has 4 nitrogen and oxygen atoms in total. The summed E-state index contributed by atoms with van der Waals surface area (Å²) in [5.74, 6) is 4.85. The van der Waals surface area contributed by atoms with Gasteiger partial charge >= 0.3 is 0 Å². The Bertz CT molecular complexity index is 198. The third-order valence-electron chi connectivity index (χ3n) is 3.40. The van der Waals surface area contributed by atoms with Crippen LogP contribution in [-0.2, 0) is 4.79 Å². The average molecular weight is 258 g/mol. The van der Waals surface area contributed by atoms with Crippen LogP contribution in [-0.4, -0.2) is 17.6 Å². The third kappa shape index (κ3) is 9.42. The van der Waals surface area contributed by atoms with E-state index in [9.17, 15) is 4.79 Å². The molecule has 0 aromatic heterocycles. The number of nitrogens with one attached hydrogen (secondary N) is 1. The van der Waals surface area contributed by atoms with E-state index in [1.165, 1.54) is 44.9 Å². The molecule has 0 saturated heterocycles. The van der Waals surface area contributed by atoms with Gasteiger partial charge < -0.3 is 5.11 Å². The molecule has 1 atom stereocenters. The smallest absolute Gasteiger partial charge is 0.237 e. The van der Waals surface area contributed by atoms with E-state index >= 15 is 0 Å². The summed E-state index contributed by atoms with van der Waals surface area (Å²) >= 11 is 0. The van der Waals surface area contributed by atoms with Gasteiger partial charge in [0.25, 0.3) is 0 Å². The maximum absolute atomic E-state index is 11.4. The van der Waals surface area contributed by atoms with Crippen LogP contribution >= 0.6 is 0 Å². The lowest BCUT2D eigenvalue weighted by atomic mass is 9.96. The summed E-state index contributed by atoms with van der Waals surface area (Å²) in [5.41, 5.74) is 2.18. The number of rotatable bonds is 12. The highest BCUT2D eigenvalue weighted by atomic mass is 16.3. The molecule has 4 N–H and O–H groups in total. The van der Waals surface area contributed by atoms with Crippen LogP contribution in [0.4, 0.5) is 0 Å². The summed E-state index contributed by atoms with van der Waals surface area (Å²) in [5, 5.41) is 8.88.